The van der Waals surface area contributed by atoms with E-state index in [1.807, 2.05) is 0 Å². The first-order chi connectivity index (χ1) is 6.07. The van der Waals surface area contributed by atoms with Crippen molar-refractivity contribution in [2.24, 2.45) is 5.73 Å². The maximum Gasteiger partial charge on any atom is 0.137 e. The minimum absolute atomic E-state index is 0.140. The zero-order valence-electron chi connectivity index (χ0n) is 7.22. The van der Waals surface area contributed by atoms with Crippen LogP contribution in [-0.2, 0) is 0 Å². The average Bonchev–Trinajstić information content (AvgIpc) is 2.13. The molecule has 0 saturated carbocycles. The van der Waals surface area contributed by atoms with Gasteiger partial charge < -0.3 is 10.8 Å². The van der Waals surface area contributed by atoms with Crippen LogP contribution in [0.4, 0.5) is 4.39 Å². The van der Waals surface area contributed by atoms with Gasteiger partial charge in [0.2, 0.25) is 0 Å². The lowest BCUT2D eigenvalue weighted by molar-refractivity contribution is 0.267. The highest BCUT2D eigenvalue weighted by molar-refractivity contribution is 9.10. The first-order valence-corrected chi connectivity index (χ1v) is 4.68. The lowest BCUT2D eigenvalue weighted by Gasteiger charge is -2.13. The summed E-state index contributed by atoms with van der Waals surface area (Å²) in [6, 6.07) is 2.48. The topological polar surface area (TPSA) is 46.2 Å². The molecule has 1 aromatic carbocycles. The number of hydrogen-bond acceptors (Lipinski definition) is 2. The van der Waals surface area contributed by atoms with Crippen LogP contribution < -0.4 is 5.73 Å². The Hall–Kier alpha value is -0.450. The molecule has 3 N–H and O–H groups in total. The molecule has 1 aromatic rings. The lowest BCUT2D eigenvalue weighted by atomic mass is 10.0. The lowest BCUT2D eigenvalue weighted by Crippen LogP contribution is -2.16. The van der Waals surface area contributed by atoms with Crippen LogP contribution in [0.15, 0.2) is 16.6 Å². The third-order valence-corrected chi connectivity index (χ3v) is 2.95. The SMILES string of the molecule is Cc1c(C(N)CO)ccc(F)c1Br. The van der Waals surface area contributed by atoms with Gasteiger partial charge >= 0.3 is 0 Å². The predicted octanol–water partition coefficient (Wildman–Crippen LogP) is 1.89. The van der Waals surface area contributed by atoms with Gasteiger partial charge in [-0.3, -0.25) is 0 Å². The molecule has 0 amide bonds. The van der Waals surface area contributed by atoms with Crippen molar-refractivity contribution >= 4 is 15.9 Å². The Balaban J connectivity index is 3.18. The summed E-state index contributed by atoms with van der Waals surface area (Å²) >= 11 is 3.12. The summed E-state index contributed by atoms with van der Waals surface area (Å²) in [4.78, 5) is 0. The molecule has 0 aliphatic rings. The third kappa shape index (κ3) is 2.07. The summed E-state index contributed by atoms with van der Waals surface area (Å²) < 4.78 is 13.4. The molecule has 0 aromatic heterocycles. The van der Waals surface area contributed by atoms with Gasteiger partial charge in [-0.15, -0.1) is 0 Å². The second kappa shape index (κ2) is 4.17. The first kappa shape index (κ1) is 10.6. The molecule has 0 aliphatic heterocycles. The predicted molar refractivity (Wildman–Crippen MR) is 52.9 cm³/mol. The number of hydrogen-bond donors (Lipinski definition) is 2. The van der Waals surface area contributed by atoms with E-state index in [9.17, 15) is 4.39 Å². The fraction of sp³-hybridized carbons (Fsp3) is 0.333. The monoisotopic (exact) mass is 247 g/mol. The molecule has 0 radical (unpaired) electrons. The quantitative estimate of drug-likeness (QED) is 0.839. The van der Waals surface area contributed by atoms with Crippen LogP contribution in [-0.4, -0.2) is 11.7 Å². The molecule has 0 saturated heterocycles. The van der Waals surface area contributed by atoms with Gasteiger partial charge in [0.05, 0.1) is 17.1 Å². The summed E-state index contributed by atoms with van der Waals surface area (Å²) in [5, 5.41) is 8.84. The molecule has 1 atom stereocenters. The maximum atomic E-state index is 13.0. The fourth-order valence-corrected chi connectivity index (χ4v) is 1.53. The largest absolute Gasteiger partial charge is 0.394 e. The van der Waals surface area contributed by atoms with Gasteiger partial charge in [-0.2, -0.15) is 0 Å². The van der Waals surface area contributed by atoms with Crippen LogP contribution >= 0.6 is 15.9 Å². The Bertz CT molecular complexity index is 317. The number of aliphatic hydroxyl groups excluding tert-OH is 1. The Kier molecular flexibility index (Phi) is 3.41. The highest BCUT2D eigenvalue weighted by Crippen LogP contribution is 2.26. The summed E-state index contributed by atoms with van der Waals surface area (Å²) in [5.41, 5.74) is 7.12. The molecule has 1 rings (SSSR count). The highest BCUT2D eigenvalue weighted by Gasteiger charge is 2.12. The summed E-state index contributed by atoms with van der Waals surface area (Å²) in [5.74, 6) is -0.314. The Labute approximate surface area is 84.7 Å². The van der Waals surface area contributed by atoms with Gasteiger partial charge in [0.15, 0.2) is 0 Å². The second-order valence-corrected chi connectivity index (χ2v) is 3.66. The smallest absolute Gasteiger partial charge is 0.137 e. The van der Waals surface area contributed by atoms with Crippen molar-refractivity contribution in [1.29, 1.82) is 0 Å². The Morgan fingerprint density at radius 1 is 1.62 bits per heavy atom. The van der Waals surface area contributed by atoms with E-state index < -0.39 is 6.04 Å². The second-order valence-electron chi connectivity index (χ2n) is 2.86. The highest BCUT2D eigenvalue weighted by atomic mass is 79.9. The fourth-order valence-electron chi connectivity index (χ4n) is 1.17. The zero-order chi connectivity index (χ0) is 10.0. The summed E-state index contributed by atoms with van der Waals surface area (Å²) in [7, 11) is 0. The van der Waals surface area contributed by atoms with Gasteiger partial charge in [0, 0.05) is 0 Å². The Morgan fingerprint density at radius 3 is 2.77 bits per heavy atom. The van der Waals surface area contributed by atoms with Crippen LogP contribution in [0.2, 0.25) is 0 Å². The first-order valence-electron chi connectivity index (χ1n) is 3.89. The van der Waals surface area contributed by atoms with Gasteiger partial charge in [0.1, 0.15) is 5.82 Å². The molecule has 0 aliphatic carbocycles. The molecular formula is C9H11BrFNO. The van der Waals surface area contributed by atoms with Crippen molar-refractivity contribution in [1.82, 2.24) is 0 Å². The van der Waals surface area contributed by atoms with Crippen molar-refractivity contribution in [3.63, 3.8) is 0 Å². The molecule has 0 bridgehead atoms. The van der Waals surface area contributed by atoms with Crippen molar-refractivity contribution in [2.45, 2.75) is 13.0 Å². The standard InChI is InChI=1S/C9H11BrFNO/c1-5-6(8(12)4-13)2-3-7(11)9(5)10/h2-3,8,13H,4,12H2,1H3. The number of halogens is 2. The molecule has 0 heterocycles. The molecule has 4 heteroatoms. The van der Waals surface area contributed by atoms with E-state index in [1.54, 1.807) is 13.0 Å². The van der Waals surface area contributed by atoms with Crippen LogP contribution in [0, 0.1) is 12.7 Å². The van der Waals surface area contributed by atoms with Crippen LogP contribution in [0.25, 0.3) is 0 Å². The number of benzene rings is 1. The number of nitrogens with two attached hydrogens (primary N) is 1. The van der Waals surface area contributed by atoms with Crippen molar-refractivity contribution in [3.05, 3.63) is 33.5 Å². The molecular weight excluding hydrogens is 237 g/mol. The molecule has 2 nitrogen and oxygen atoms in total. The minimum Gasteiger partial charge on any atom is -0.394 e. The van der Waals surface area contributed by atoms with E-state index in [-0.39, 0.29) is 12.4 Å². The molecule has 0 spiro atoms. The molecule has 72 valence electrons. The molecule has 1 unspecified atom stereocenters. The van der Waals surface area contributed by atoms with Crippen LogP contribution in [0.3, 0.4) is 0 Å². The van der Waals surface area contributed by atoms with E-state index in [0.717, 1.165) is 11.1 Å². The third-order valence-electron chi connectivity index (χ3n) is 1.98. The van der Waals surface area contributed by atoms with Crippen LogP contribution in [0.1, 0.15) is 17.2 Å². The summed E-state index contributed by atoms with van der Waals surface area (Å²) in [6.07, 6.45) is 0. The number of rotatable bonds is 2. The Morgan fingerprint density at radius 2 is 2.23 bits per heavy atom. The van der Waals surface area contributed by atoms with Gasteiger partial charge in [-0.05, 0) is 40.0 Å². The van der Waals surface area contributed by atoms with E-state index in [1.165, 1.54) is 6.07 Å². The van der Waals surface area contributed by atoms with E-state index >= 15 is 0 Å². The molecule has 13 heavy (non-hydrogen) atoms. The van der Waals surface area contributed by atoms with Crippen LogP contribution in [0.5, 0.6) is 0 Å². The van der Waals surface area contributed by atoms with Crippen molar-refractivity contribution in [3.8, 4) is 0 Å². The average molecular weight is 248 g/mol. The normalized spacial score (nSPS) is 13.0. The van der Waals surface area contributed by atoms with Gasteiger partial charge in [0.25, 0.3) is 0 Å². The zero-order valence-corrected chi connectivity index (χ0v) is 8.81. The van der Waals surface area contributed by atoms with Crippen molar-refractivity contribution < 1.29 is 9.50 Å². The minimum atomic E-state index is -0.447. The van der Waals surface area contributed by atoms with Crippen molar-refractivity contribution in [2.75, 3.05) is 6.61 Å². The number of aliphatic hydroxyl groups is 1. The van der Waals surface area contributed by atoms with Gasteiger partial charge in [-0.25, -0.2) is 4.39 Å². The molecule has 0 fully saturated rings. The van der Waals surface area contributed by atoms with E-state index in [2.05, 4.69) is 15.9 Å². The van der Waals surface area contributed by atoms with E-state index in [4.69, 9.17) is 10.8 Å². The van der Waals surface area contributed by atoms with Gasteiger partial charge in [-0.1, -0.05) is 6.07 Å². The van der Waals surface area contributed by atoms with E-state index in [0.29, 0.717) is 4.47 Å². The summed E-state index contributed by atoms with van der Waals surface area (Å²) in [6.45, 7) is 1.62. The maximum absolute atomic E-state index is 13.0.